The van der Waals surface area contributed by atoms with Crippen LogP contribution in [0.15, 0.2) is 36.4 Å². The van der Waals surface area contributed by atoms with E-state index in [1.807, 2.05) is 12.1 Å². The lowest BCUT2D eigenvalue weighted by Crippen LogP contribution is -2.07. The third-order valence-corrected chi connectivity index (χ3v) is 4.96. The van der Waals surface area contributed by atoms with E-state index in [9.17, 15) is 14.9 Å². The standard InChI is InChI=1S/C15H11N3O4S2/c1-22-10-3-2-4-11-14(10)17-15(24-11)16-12(19)7-5-9-6-8-13(23-9)18(20)21/h2-8H,1H3,(H,16,17,19). The van der Waals surface area contributed by atoms with Crippen LogP contribution in [0.2, 0.25) is 0 Å². The number of hydrogen-bond donors (Lipinski definition) is 1. The number of benzene rings is 1. The Hall–Kier alpha value is -2.78. The molecule has 122 valence electrons. The van der Waals surface area contributed by atoms with Crippen LogP contribution in [0.5, 0.6) is 5.75 Å². The number of thiazole rings is 1. The Morgan fingerprint density at radius 2 is 2.17 bits per heavy atom. The summed E-state index contributed by atoms with van der Waals surface area (Å²) < 4.78 is 6.14. The lowest BCUT2D eigenvalue weighted by molar-refractivity contribution is -0.380. The zero-order valence-corrected chi connectivity index (χ0v) is 14.0. The number of anilines is 1. The summed E-state index contributed by atoms with van der Waals surface area (Å²) in [6.07, 6.45) is 2.85. The number of thiophene rings is 1. The summed E-state index contributed by atoms with van der Waals surface area (Å²) >= 11 is 2.34. The predicted molar refractivity (Wildman–Crippen MR) is 94.8 cm³/mol. The summed E-state index contributed by atoms with van der Waals surface area (Å²) in [6, 6.07) is 8.55. The van der Waals surface area contributed by atoms with Crippen molar-refractivity contribution < 1.29 is 14.5 Å². The van der Waals surface area contributed by atoms with Gasteiger partial charge in [0.15, 0.2) is 5.13 Å². The molecule has 1 aromatic carbocycles. The Kier molecular flexibility index (Phi) is 4.54. The lowest BCUT2D eigenvalue weighted by Gasteiger charge is -1.98. The summed E-state index contributed by atoms with van der Waals surface area (Å²) in [5.41, 5.74) is 0.693. The van der Waals surface area contributed by atoms with Gasteiger partial charge in [-0.1, -0.05) is 28.7 Å². The van der Waals surface area contributed by atoms with Gasteiger partial charge in [-0.05, 0) is 24.3 Å². The monoisotopic (exact) mass is 361 g/mol. The minimum absolute atomic E-state index is 0.0355. The number of methoxy groups -OCH3 is 1. The molecule has 0 atom stereocenters. The number of nitrogens with zero attached hydrogens (tertiary/aromatic N) is 2. The van der Waals surface area contributed by atoms with Crippen molar-refractivity contribution in [3.05, 3.63) is 51.4 Å². The van der Waals surface area contributed by atoms with Crippen molar-refractivity contribution in [2.24, 2.45) is 0 Å². The Bertz CT molecular complexity index is 945. The number of carbonyl (C=O) groups is 1. The van der Waals surface area contributed by atoms with E-state index in [0.717, 1.165) is 16.0 Å². The number of fused-ring (bicyclic) bond motifs is 1. The van der Waals surface area contributed by atoms with Crippen LogP contribution in [0.3, 0.4) is 0 Å². The topological polar surface area (TPSA) is 94.4 Å². The van der Waals surface area contributed by atoms with Crippen molar-refractivity contribution in [1.29, 1.82) is 0 Å². The van der Waals surface area contributed by atoms with Crippen molar-refractivity contribution in [1.82, 2.24) is 4.98 Å². The molecule has 0 unspecified atom stereocenters. The molecule has 9 heteroatoms. The highest BCUT2D eigenvalue weighted by Crippen LogP contribution is 2.32. The van der Waals surface area contributed by atoms with Gasteiger partial charge in [0.2, 0.25) is 5.91 Å². The molecular weight excluding hydrogens is 350 g/mol. The molecule has 0 saturated heterocycles. The number of para-hydroxylation sites is 1. The molecule has 0 spiro atoms. The van der Waals surface area contributed by atoms with E-state index < -0.39 is 4.92 Å². The summed E-state index contributed by atoms with van der Waals surface area (Å²) in [5, 5.41) is 13.8. The number of amides is 1. The Morgan fingerprint density at radius 3 is 2.88 bits per heavy atom. The SMILES string of the molecule is COc1cccc2sc(NC(=O)C=Cc3ccc([N+](=O)[O-])s3)nc12. The largest absolute Gasteiger partial charge is 0.494 e. The molecule has 0 saturated carbocycles. The normalized spacial score (nSPS) is 11.0. The van der Waals surface area contributed by atoms with E-state index in [1.54, 1.807) is 19.2 Å². The number of carbonyl (C=O) groups excluding carboxylic acids is 1. The number of aromatic nitrogens is 1. The summed E-state index contributed by atoms with van der Waals surface area (Å²) in [5.74, 6) is 0.287. The molecule has 2 heterocycles. The fourth-order valence-electron chi connectivity index (χ4n) is 1.98. The first-order valence-corrected chi connectivity index (χ1v) is 8.37. The molecule has 7 nitrogen and oxygen atoms in total. The molecule has 0 aliphatic rings. The first-order valence-electron chi connectivity index (χ1n) is 6.73. The van der Waals surface area contributed by atoms with Gasteiger partial charge in [-0.3, -0.25) is 20.2 Å². The second-order valence-corrected chi connectivity index (χ2v) is 6.71. The maximum Gasteiger partial charge on any atom is 0.324 e. The van der Waals surface area contributed by atoms with Gasteiger partial charge in [-0.2, -0.15) is 0 Å². The van der Waals surface area contributed by atoms with Crippen LogP contribution in [-0.2, 0) is 4.79 Å². The summed E-state index contributed by atoms with van der Waals surface area (Å²) in [6.45, 7) is 0. The number of ether oxygens (including phenoxy) is 1. The molecular formula is C15H11N3O4S2. The summed E-state index contributed by atoms with van der Waals surface area (Å²) in [7, 11) is 1.56. The highest BCUT2D eigenvalue weighted by molar-refractivity contribution is 7.22. The first kappa shape index (κ1) is 16.1. The lowest BCUT2D eigenvalue weighted by atomic mass is 10.3. The van der Waals surface area contributed by atoms with Gasteiger partial charge in [0.25, 0.3) is 0 Å². The minimum atomic E-state index is -0.462. The second kappa shape index (κ2) is 6.77. The van der Waals surface area contributed by atoms with Crippen LogP contribution >= 0.6 is 22.7 Å². The van der Waals surface area contributed by atoms with Crippen molar-refractivity contribution in [3.63, 3.8) is 0 Å². The van der Waals surface area contributed by atoms with E-state index in [2.05, 4.69) is 10.3 Å². The maximum absolute atomic E-state index is 12.0. The number of hydrogen-bond acceptors (Lipinski definition) is 7. The molecule has 0 radical (unpaired) electrons. The van der Waals surface area contributed by atoms with E-state index >= 15 is 0 Å². The smallest absolute Gasteiger partial charge is 0.324 e. The third kappa shape index (κ3) is 3.42. The van der Waals surface area contributed by atoms with Crippen molar-refractivity contribution in [2.75, 3.05) is 12.4 Å². The van der Waals surface area contributed by atoms with Gasteiger partial charge < -0.3 is 4.74 Å². The van der Waals surface area contributed by atoms with Crippen LogP contribution in [0.1, 0.15) is 4.88 Å². The van der Waals surface area contributed by atoms with Gasteiger partial charge in [0, 0.05) is 17.0 Å². The Labute approximate surface area is 144 Å². The molecule has 1 N–H and O–H groups in total. The summed E-state index contributed by atoms with van der Waals surface area (Å²) in [4.78, 5) is 27.1. The number of nitro groups is 1. The fourth-order valence-corrected chi connectivity index (χ4v) is 3.59. The van der Waals surface area contributed by atoms with E-state index in [-0.39, 0.29) is 10.9 Å². The quantitative estimate of drug-likeness (QED) is 0.422. The van der Waals surface area contributed by atoms with Gasteiger partial charge >= 0.3 is 5.00 Å². The highest BCUT2D eigenvalue weighted by Gasteiger charge is 2.10. The second-order valence-electron chi connectivity index (χ2n) is 4.58. The van der Waals surface area contributed by atoms with Crippen LogP contribution in [0, 0.1) is 10.1 Å². The van der Waals surface area contributed by atoms with Gasteiger partial charge in [-0.15, -0.1) is 0 Å². The average Bonchev–Trinajstić information content (AvgIpc) is 3.18. The van der Waals surface area contributed by atoms with Crippen molar-refractivity contribution >= 4 is 55.0 Å². The van der Waals surface area contributed by atoms with Crippen LogP contribution in [0.4, 0.5) is 10.1 Å². The van der Waals surface area contributed by atoms with Crippen molar-refractivity contribution in [3.8, 4) is 5.75 Å². The van der Waals surface area contributed by atoms with E-state index in [4.69, 9.17) is 4.74 Å². The molecule has 3 aromatic rings. The first-order chi connectivity index (χ1) is 11.6. The maximum atomic E-state index is 12.0. The van der Waals surface area contributed by atoms with Crippen LogP contribution < -0.4 is 10.1 Å². The average molecular weight is 361 g/mol. The van der Waals surface area contributed by atoms with Crippen LogP contribution in [0.25, 0.3) is 16.3 Å². The van der Waals surface area contributed by atoms with Gasteiger partial charge in [0.1, 0.15) is 11.3 Å². The molecule has 0 bridgehead atoms. The highest BCUT2D eigenvalue weighted by atomic mass is 32.1. The van der Waals surface area contributed by atoms with Crippen LogP contribution in [-0.4, -0.2) is 22.9 Å². The van der Waals surface area contributed by atoms with Gasteiger partial charge in [-0.25, -0.2) is 4.98 Å². The Morgan fingerprint density at radius 1 is 1.33 bits per heavy atom. The molecule has 3 rings (SSSR count). The van der Waals surface area contributed by atoms with Crippen molar-refractivity contribution in [2.45, 2.75) is 0 Å². The zero-order valence-electron chi connectivity index (χ0n) is 12.4. The molecule has 0 aliphatic heterocycles. The van der Waals surface area contributed by atoms with E-state index in [0.29, 0.717) is 21.3 Å². The third-order valence-electron chi connectivity index (χ3n) is 3.02. The van der Waals surface area contributed by atoms with Gasteiger partial charge in [0.05, 0.1) is 16.7 Å². The Balaban J connectivity index is 1.72. The predicted octanol–water partition coefficient (Wildman–Crippen LogP) is 3.93. The molecule has 2 aromatic heterocycles. The molecule has 0 fully saturated rings. The zero-order chi connectivity index (χ0) is 17.1. The molecule has 1 amide bonds. The fraction of sp³-hybridized carbons (Fsp3) is 0.0667. The number of nitrogens with one attached hydrogen (secondary N) is 1. The molecule has 0 aliphatic carbocycles. The number of rotatable bonds is 5. The van der Waals surface area contributed by atoms with E-state index in [1.165, 1.54) is 29.6 Å². The minimum Gasteiger partial charge on any atom is -0.494 e. The molecule has 24 heavy (non-hydrogen) atoms.